The van der Waals surface area contributed by atoms with Crippen LogP contribution in [0.25, 0.3) is 0 Å². The van der Waals surface area contributed by atoms with Gasteiger partial charge in [0, 0.05) is 47.8 Å². The highest BCUT2D eigenvalue weighted by molar-refractivity contribution is 6.32. The summed E-state index contributed by atoms with van der Waals surface area (Å²) in [4.78, 5) is 45.2. The van der Waals surface area contributed by atoms with Gasteiger partial charge in [0.2, 0.25) is 0 Å². The molecule has 0 aliphatic heterocycles. The van der Waals surface area contributed by atoms with Crippen molar-refractivity contribution in [2.45, 2.75) is 38.9 Å². The maximum atomic E-state index is 12.3. The van der Waals surface area contributed by atoms with Gasteiger partial charge in [-0.2, -0.15) is 10.5 Å². The monoisotopic (exact) mass is 778 g/mol. The lowest BCUT2D eigenvalue weighted by Gasteiger charge is -2.23. The fourth-order valence-electron chi connectivity index (χ4n) is 4.25. The number of carbonyl (C=O) groups is 2. The summed E-state index contributed by atoms with van der Waals surface area (Å²) in [5.74, 6) is -0.893. The number of anilines is 2. The zero-order chi connectivity index (χ0) is 40.4. The van der Waals surface area contributed by atoms with Gasteiger partial charge in [-0.15, -0.1) is 0 Å². The minimum Gasteiger partial charge on any atom is -0.490 e. The van der Waals surface area contributed by atoms with Crippen LogP contribution < -0.4 is 20.1 Å². The van der Waals surface area contributed by atoms with Gasteiger partial charge in [0.15, 0.2) is 11.2 Å². The number of nitro benzene ring substituents is 2. The molecule has 4 aromatic rings. The number of hydrogen-bond donors (Lipinski definition) is 4. The molecule has 0 heterocycles. The third-order valence-electron chi connectivity index (χ3n) is 7.48. The zero-order valence-corrected chi connectivity index (χ0v) is 30.6. The number of rotatable bonds is 12. The molecule has 2 amide bonds. The van der Waals surface area contributed by atoms with Crippen LogP contribution in [0.15, 0.2) is 72.8 Å². The highest BCUT2D eigenvalue weighted by atomic mass is 35.5. The third-order valence-corrected chi connectivity index (χ3v) is 8.10. The Morgan fingerprint density at radius 1 is 0.704 bits per heavy atom. The molecule has 0 radical (unpaired) electrons. The van der Waals surface area contributed by atoms with E-state index < -0.39 is 32.9 Å². The van der Waals surface area contributed by atoms with E-state index in [1.165, 1.54) is 86.6 Å². The summed E-state index contributed by atoms with van der Waals surface area (Å²) in [6.07, 6.45) is 0. The first-order chi connectivity index (χ1) is 25.3. The van der Waals surface area contributed by atoms with Gasteiger partial charge in [-0.25, -0.2) is 0 Å². The van der Waals surface area contributed by atoms with Gasteiger partial charge in [0.1, 0.15) is 36.9 Å². The Kier molecular flexibility index (Phi) is 14.0. The number of carbonyl (C=O) groups excluding carboxylic acids is 2. The minimum atomic E-state index is -1.88. The molecule has 0 aromatic heterocycles. The highest BCUT2D eigenvalue weighted by Gasteiger charge is 2.33. The van der Waals surface area contributed by atoms with E-state index in [4.69, 9.17) is 43.2 Å². The van der Waals surface area contributed by atoms with E-state index in [1.54, 1.807) is 13.8 Å². The Hall–Kier alpha value is -6.30. The molecule has 16 nitrogen and oxygen atoms in total. The number of non-ortho nitro benzene ring substituents is 2. The van der Waals surface area contributed by atoms with E-state index in [1.807, 2.05) is 12.1 Å². The van der Waals surface area contributed by atoms with Crippen molar-refractivity contribution < 1.29 is 39.1 Å². The third kappa shape index (κ3) is 11.3. The quantitative estimate of drug-likeness (QED) is 0.0901. The van der Waals surface area contributed by atoms with E-state index in [0.29, 0.717) is 34.0 Å². The predicted octanol–water partition coefficient (Wildman–Crippen LogP) is 6.39. The summed E-state index contributed by atoms with van der Waals surface area (Å²) in [7, 11) is 0. The van der Waals surface area contributed by atoms with Crippen molar-refractivity contribution in [3.63, 3.8) is 0 Å². The molecule has 54 heavy (non-hydrogen) atoms. The Morgan fingerprint density at radius 3 is 1.33 bits per heavy atom. The molecular weight excluding hydrogens is 747 g/mol. The highest BCUT2D eigenvalue weighted by Crippen LogP contribution is 2.26. The molecule has 18 heteroatoms. The summed E-state index contributed by atoms with van der Waals surface area (Å²) in [6.45, 7) is 5.02. The van der Waals surface area contributed by atoms with Crippen LogP contribution in [0.2, 0.25) is 10.0 Å². The standard InChI is InChI=1S/2C18H16ClN3O5/c2*1-11-7-13(22(25)26)4-6-16(11)21-17(23)18(2,24)10-27-14-5-3-12(9-20)15(19)8-14/h2*3-8,24H,10H2,1-2H3,(H,21,23). The smallest absolute Gasteiger partial charge is 0.269 e. The second-order valence-corrected chi connectivity index (χ2v) is 12.9. The van der Waals surface area contributed by atoms with E-state index in [2.05, 4.69) is 10.6 Å². The average molecular weight is 780 g/mol. The topological polar surface area (TPSA) is 251 Å². The van der Waals surface area contributed by atoms with Gasteiger partial charge in [0.25, 0.3) is 23.2 Å². The molecule has 280 valence electrons. The van der Waals surface area contributed by atoms with Gasteiger partial charge in [-0.05, 0) is 75.2 Å². The van der Waals surface area contributed by atoms with Crippen LogP contribution in [-0.4, -0.2) is 56.3 Å². The van der Waals surface area contributed by atoms with E-state index in [0.717, 1.165) is 0 Å². The van der Waals surface area contributed by atoms with Gasteiger partial charge < -0.3 is 30.3 Å². The first-order valence-corrected chi connectivity index (χ1v) is 16.3. The molecule has 0 saturated heterocycles. The first-order valence-electron chi connectivity index (χ1n) is 15.5. The Balaban J connectivity index is 0.000000290. The molecule has 0 fully saturated rings. The predicted molar refractivity (Wildman–Crippen MR) is 197 cm³/mol. The number of nitriles is 2. The normalized spacial score (nSPS) is 12.6. The van der Waals surface area contributed by atoms with Gasteiger partial charge in [0.05, 0.1) is 31.0 Å². The van der Waals surface area contributed by atoms with Crippen LogP contribution in [0, 0.1) is 56.7 Å². The molecule has 4 aromatic carbocycles. The summed E-state index contributed by atoms with van der Waals surface area (Å²) in [5.41, 5.74) is -1.76. The van der Waals surface area contributed by atoms with Crippen molar-refractivity contribution in [2.75, 3.05) is 23.8 Å². The number of hydrogen-bond acceptors (Lipinski definition) is 12. The lowest BCUT2D eigenvalue weighted by molar-refractivity contribution is -0.385. The van der Waals surface area contributed by atoms with Crippen molar-refractivity contribution in [3.8, 4) is 23.6 Å². The molecular formula is C36H32Cl2N6O10. The molecule has 0 bridgehead atoms. The van der Waals surface area contributed by atoms with Crippen LogP contribution in [0.1, 0.15) is 36.1 Å². The molecule has 0 aliphatic rings. The number of amides is 2. The summed E-state index contributed by atoms with van der Waals surface area (Å²) in [6, 6.07) is 20.5. The lowest BCUT2D eigenvalue weighted by atomic mass is 10.1. The fourth-order valence-corrected chi connectivity index (χ4v) is 4.67. The fraction of sp³-hybridized carbons (Fsp3) is 0.222. The van der Waals surface area contributed by atoms with Crippen molar-refractivity contribution in [1.29, 1.82) is 10.5 Å². The number of aliphatic hydroxyl groups is 2. The van der Waals surface area contributed by atoms with Crippen LogP contribution in [-0.2, 0) is 9.59 Å². The van der Waals surface area contributed by atoms with Crippen LogP contribution in [0.4, 0.5) is 22.7 Å². The second-order valence-electron chi connectivity index (χ2n) is 12.1. The van der Waals surface area contributed by atoms with Crippen molar-refractivity contribution >= 4 is 57.8 Å². The number of benzene rings is 4. The first kappa shape index (κ1) is 42.1. The van der Waals surface area contributed by atoms with Crippen LogP contribution >= 0.6 is 23.2 Å². The summed E-state index contributed by atoms with van der Waals surface area (Å²) < 4.78 is 10.8. The summed E-state index contributed by atoms with van der Waals surface area (Å²) in [5, 5.41) is 65.4. The number of nitrogens with zero attached hydrogens (tertiary/aromatic N) is 4. The zero-order valence-electron chi connectivity index (χ0n) is 29.0. The Bertz CT molecular complexity index is 2030. The van der Waals surface area contributed by atoms with Crippen molar-refractivity contribution in [2.24, 2.45) is 0 Å². The van der Waals surface area contributed by atoms with Crippen LogP contribution in [0.3, 0.4) is 0 Å². The SMILES string of the molecule is Cc1cc([N+](=O)[O-])ccc1NC(=O)C(C)(O)COc1ccc(C#N)c(Cl)c1.Cc1cc([N+](=O)[O-])ccc1NC(=O)C(C)(O)COc1ccc(C#N)c(Cl)c1. The number of aryl methyl sites for hydroxylation is 2. The molecule has 0 spiro atoms. The van der Waals surface area contributed by atoms with Gasteiger partial charge >= 0.3 is 0 Å². The van der Waals surface area contributed by atoms with E-state index >= 15 is 0 Å². The average Bonchev–Trinajstić information content (AvgIpc) is 3.11. The Labute approximate surface area is 318 Å². The van der Waals surface area contributed by atoms with Crippen LogP contribution in [0.5, 0.6) is 11.5 Å². The van der Waals surface area contributed by atoms with Gasteiger partial charge in [-0.1, -0.05) is 23.2 Å². The number of nitro groups is 2. The van der Waals surface area contributed by atoms with Crippen molar-refractivity contribution in [1.82, 2.24) is 0 Å². The molecule has 0 aliphatic carbocycles. The molecule has 2 unspecified atom stereocenters. The summed E-state index contributed by atoms with van der Waals surface area (Å²) >= 11 is 11.8. The maximum Gasteiger partial charge on any atom is 0.269 e. The molecule has 4 rings (SSSR count). The number of ether oxygens (including phenoxy) is 2. The lowest BCUT2D eigenvalue weighted by Crippen LogP contribution is -2.45. The van der Waals surface area contributed by atoms with Gasteiger partial charge in [-0.3, -0.25) is 29.8 Å². The van der Waals surface area contributed by atoms with E-state index in [9.17, 15) is 40.0 Å². The molecule has 2 atom stereocenters. The van der Waals surface area contributed by atoms with Crippen molar-refractivity contribution in [3.05, 3.63) is 125 Å². The van der Waals surface area contributed by atoms with E-state index in [-0.39, 0.29) is 45.8 Å². The molecule has 4 N–H and O–H groups in total. The molecule has 0 saturated carbocycles. The largest absolute Gasteiger partial charge is 0.490 e. The second kappa shape index (κ2) is 18.0. The maximum absolute atomic E-state index is 12.3. The minimum absolute atomic E-state index is 0.0988. The number of nitrogens with one attached hydrogen (secondary N) is 2. The Morgan fingerprint density at radius 2 is 1.06 bits per heavy atom. The number of halogens is 2.